The number of rotatable bonds is 4. The number of aliphatic imine (C=N–C) groups is 1. The van der Waals surface area contributed by atoms with Crippen molar-refractivity contribution < 1.29 is 9.13 Å². The Bertz CT molecular complexity index is 1010. The minimum absolute atomic E-state index is 0.0591. The number of ether oxygens (including phenoxy) is 1. The molecule has 1 N–H and O–H groups in total. The highest BCUT2D eigenvalue weighted by molar-refractivity contribution is 5.71. The molecule has 1 unspecified atom stereocenters. The van der Waals surface area contributed by atoms with Gasteiger partial charge in [-0.15, -0.1) is 0 Å². The van der Waals surface area contributed by atoms with Gasteiger partial charge in [0.1, 0.15) is 18.0 Å². The zero-order valence-corrected chi connectivity index (χ0v) is 16.9. The van der Waals surface area contributed by atoms with Crippen LogP contribution in [0.25, 0.3) is 11.1 Å². The molecule has 0 aliphatic carbocycles. The van der Waals surface area contributed by atoms with E-state index in [-0.39, 0.29) is 11.7 Å². The fraction of sp³-hybridized carbons (Fsp3) is 0.417. The highest BCUT2D eigenvalue weighted by atomic mass is 19.1. The molecule has 3 aliphatic rings. The third-order valence-electron chi connectivity index (χ3n) is 6.56. The third-order valence-corrected chi connectivity index (χ3v) is 6.56. The van der Waals surface area contributed by atoms with Gasteiger partial charge in [0.25, 0.3) is 0 Å². The van der Waals surface area contributed by atoms with Crippen molar-refractivity contribution in [3.63, 3.8) is 0 Å². The van der Waals surface area contributed by atoms with E-state index in [0.717, 1.165) is 49.4 Å². The lowest BCUT2D eigenvalue weighted by atomic mass is 9.73. The summed E-state index contributed by atoms with van der Waals surface area (Å²) in [6.07, 6.45) is 3.90. The summed E-state index contributed by atoms with van der Waals surface area (Å²) >= 11 is 0. The van der Waals surface area contributed by atoms with E-state index in [0.29, 0.717) is 12.0 Å². The van der Waals surface area contributed by atoms with E-state index < -0.39 is 5.82 Å². The molecule has 5 rings (SSSR count). The van der Waals surface area contributed by atoms with Crippen molar-refractivity contribution in [3.05, 3.63) is 58.9 Å². The summed E-state index contributed by atoms with van der Waals surface area (Å²) in [4.78, 5) is 6.75. The van der Waals surface area contributed by atoms with Gasteiger partial charge in [0.15, 0.2) is 6.40 Å². The molecule has 0 bridgehead atoms. The number of benzene rings is 2. The van der Waals surface area contributed by atoms with Gasteiger partial charge in [-0.2, -0.15) is 5.26 Å². The molecular formula is C24H25FN4O. The quantitative estimate of drug-likeness (QED) is 0.845. The maximum atomic E-state index is 14.3. The molecule has 3 heterocycles. The molecule has 2 aromatic rings. The average molecular weight is 404 g/mol. The van der Waals surface area contributed by atoms with Crippen LogP contribution in [-0.2, 0) is 11.3 Å². The zero-order valence-electron chi connectivity index (χ0n) is 16.9. The number of nitrogens with one attached hydrogen (secondary N) is 1. The Kier molecular flexibility index (Phi) is 5.01. The molecule has 2 fully saturated rings. The first-order chi connectivity index (χ1) is 14.7. The molecule has 154 valence electrons. The molecule has 1 spiro atoms. The number of nitriles is 1. The molecule has 6 heteroatoms. The van der Waals surface area contributed by atoms with Crippen molar-refractivity contribution in [2.24, 2.45) is 10.4 Å². The van der Waals surface area contributed by atoms with Gasteiger partial charge in [-0.25, -0.2) is 4.39 Å². The van der Waals surface area contributed by atoms with Gasteiger partial charge in [-0.05, 0) is 48.2 Å². The standard InChI is InChI=1S/C24H25FN4O/c25-21-9-17(5-6-18(21)10-26)20-4-1-3-19(23(20)22-11-28-16-30-22)12-29-14-24(15-29)7-2-8-27-13-24/h1,3-6,9,16,22,27H,2,7-8,11-15H2. The van der Waals surface area contributed by atoms with Crippen LogP contribution in [-0.4, -0.2) is 44.0 Å². The SMILES string of the molecule is N#Cc1ccc(-c2cccc(CN3CC4(CCCNC4)C3)c2C2CN=CO2)cc1F. The van der Waals surface area contributed by atoms with Crippen LogP contribution in [0.5, 0.6) is 0 Å². The molecule has 1 atom stereocenters. The second-order valence-electron chi connectivity index (χ2n) is 8.71. The van der Waals surface area contributed by atoms with Gasteiger partial charge in [0.2, 0.25) is 0 Å². The molecule has 0 radical (unpaired) electrons. The Hall–Kier alpha value is -2.75. The van der Waals surface area contributed by atoms with Crippen molar-refractivity contribution in [1.29, 1.82) is 5.26 Å². The Morgan fingerprint density at radius 1 is 1.30 bits per heavy atom. The first kappa shape index (κ1) is 19.2. The number of nitrogens with zero attached hydrogens (tertiary/aromatic N) is 3. The minimum atomic E-state index is -0.496. The summed E-state index contributed by atoms with van der Waals surface area (Å²) in [7, 11) is 0. The van der Waals surface area contributed by atoms with Crippen molar-refractivity contribution in [2.75, 3.05) is 32.7 Å². The van der Waals surface area contributed by atoms with E-state index in [9.17, 15) is 4.39 Å². The van der Waals surface area contributed by atoms with Gasteiger partial charge in [0, 0.05) is 37.2 Å². The first-order valence-corrected chi connectivity index (χ1v) is 10.6. The van der Waals surface area contributed by atoms with Gasteiger partial charge in [-0.3, -0.25) is 9.89 Å². The summed E-state index contributed by atoms with van der Waals surface area (Å²) in [5, 5.41) is 12.6. The predicted octanol–water partition coefficient (Wildman–Crippen LogP) is 3.65. The smallest absolute Gasteiger partial charge is 0.170 e. The fourth-order valence-corrected chi connectivity index (χ4v) is 5.17. The van der Waals surface area contributed by atoms with Crippen LogP contribution in [0.4, 0.5) is 4.39 Å². The highest BCUT2D eigenvalue weighted by Crippen LogP contribution is 2.40. The Labute approximate surface area is 176 Å². The molecule has 3 aliphatic heterocycles. The number of piperidine rings is 1. The van der Waals surface area contributed by atoms with Crippen molar-refractivity contribution in [1.82, 2.24) is 10.2 Å². The lowest BCUT2D eigenvalue weighted by molar-refractivity contribution is -0.0233. The largest absolute Gasteiger partial charge is 0.474 e. The Balaban J connectivity index is 1.45. The van der Waals surface area contributed by atoms with Crippen molar-refractivity contribution in [3.8, 4) is 17.2 Å². The molecular weight excluding hydrogens is 379 g/mol. The Morgan fingerprint density at radius 3 is 2.90 bits per heavy atom. The molecule has 5 nitrogen and oxygen atoms in total. The van der Waals surface area contributed by atoms with Crippen LogP contribution in [0.15, 0.2) is 41.4 Å². The summed E-state index contributed by atoms with van der Waals surface area (Å²) in [6.45, 7) is 5.88. The van der Waals surface area contributed by atoms with E-state index in [1.54, 1.807) is 6.07 Å². The predicted molar refractivity (Wildman–Crippen MR) is 114 cm³/mol. The third kappa shape index (κ3) is 3.49. The van der Waals surface area contributed by atoms with Crippen LogP contribution in [0.2, 0.25) is 0 Å². The van der Waals surface area contributed by atoms with Crippen LogP contribution >= 0.6 is 0 Å². The van der Waals surface area contributed by atoms with Crippen molar-refractivity contribution in [2.45, 2.75) is 25.5 Å². The minimum Gasteiger partial charge on any atom is -0.474 e. The monoisotopic (exact) mass is 404 g/mol. The van der Waals surface area contributed by atoms with Gasteiger partial charge in [0.05, 0.1) is 12.1 Å². The first-order valence-electron chi connectivity index (χ1n) is 10.6. The summed E-state index contributed by atoms with van der Waals surface area (Å²) in [5.41, 5.74) is 4.47. The van der Waals surface area contributed by atoms with E-state index >= 15 is 0 Å². The normalized spacial score (nSPS) is 22.5. The second-order valence-corrected chi connectivity index (χ2v) is 8.71. The number of hydrogen-bond acceptors (Lipinski definition) is 5. The lowest BCUT2D eigenvalue weighted by Gasteiger charge is -2.52. The topological polar surface area (TPSA) is 60.7 Å². The molecule has 2 aromatic carbocycles. The van der Waals surface area contributed by atoms with Crippen LogP contribution in [0.3, 0.4) is 0 Å². The molecule has 30 heavy (non-hydrogen) atoms. The molecule has 2 saturated heterocycles. The van der Waals surface area contributed by atoms with Gasteiger partial charge >= 0.3 is 0 Å². The second kappa shape index (κ2) is 7.82. The zero-order chi connectivity index (χ0) is 20.6. The number of halogens is 1. The van der Waals surface area contributed by atoms with Gasteiger partial charge in [-0.1, -0.05) is 24.3 Å². The average Bonchev–Trinajstić information content (AvgIpc) is 3.27. The molecule has 0 saturated carbocycles. The fourth-order valence-electron chi connectivity index (χ4n) is 5.17. The Morgan fingerprint density at radius 2 is 2.20 bits per heavy atom. The van der Waals surface area contributed by atoms with Crippen molar-refractivity contribution >= 4 is 6.40 Å². The van der Waals surface area contributed by atoms with Crippen LogP contribution < -0.4 is 5.32 Å². The van der Waals surface area contributed by atoms with E-state index in [4.69, 9.17) is 10.00 Å². The lowest BCUT2D eigenvalue weighted by Crippen LogP contribution is -2.61. The molecule has 0 amide bonds. The summed E-state index contributed by atoms with van der Waals surface area (Å²) in [5.74, 6) is -0.496. The molecule has 0 aromatic heterocycles. The summed E-state index contributed by atoms with van der Waals surface area (Å²) in [6, 6.07) is 12.9. The maximum Gasteiger partial charge on any atom is 0.170 e. The summed E-state index contributed by atoms with van der Waals surface area (Å²) < 4.78 is 20.1. The van der Waals surface area contributed by atoms with E-state index in [1.165, 1.54) is 30.9 Å². The van der Waals surface area contributed by atoms with Crippen LogP contribution in [0.1, 0.15) is 35.6 Å². The van der Waals surface area contributed by atoms with Gasteiger partial charge < -0.3 is 10.1 Å². The number of hydrogen-bond donors (Lipinski definition) is 1. The van der Waals surface area contributed by atoms with E-state index in [2.05, 4.69) is 21.3 Å². The maximum absolute atomic E-state index is 14.3. The highest BCUT2D eigenvalue weighted by Gasteiger charge is 2.43. The van der Waals surface area contributed by atoms with E-state index in [1.807, 2.05) is 24.3 Å². The number of likely N-dealkylation sites (tertiary alicyclic amines) is 1. The van der Waals surface area contributed by atoms with Crippen LogP contribution in [0, 0.1) is 22.6 Å².